The lowest BCUT2D eigenvalue weighted by Gasteiger charge is -2.12. The predicted molar refractivity (Wildman–Crippen MR) is 85.5 cm³/mol. The second kappa shape index (κ2) is 5.40. The minimum atomic E-state index is 0.195. The van der Waals surface area contributed by atoms with Gasteiger partial charge in [0.2, 0.25) is 0 Å². The molecule has 0 aliphatic heterocycles. The van der Waals surface area contributed by atoms with Gasteiger partial charge in [0.05, 0.1) is 6.04 Å². The van der Waals surface area contributed by atoms with Crippen molar-refractivity contribution in [2.45, 2.75) is 12.5 Å². The van der Waals surface area contributed by atoms with Crippen LogP contribution in [-0.2, 0) is 6.42 Å². The van der Waals surface area contributed by atoms with Gasteiger partial charge in [-0.05, 0) is 39.5 Å². The Labute approximate surface area is 126 Å². The summed E-state index contributed by atoms with van der Waals surface area (Å²) >= 11 is 8.85. The highest BCUT2D eigenvalue weighted by Gasteiger charge is 2.15. The molecule has 3 N–H and O–H groups in total. The number of rotatable bonds is 4. The predicted octanol–water partition coefficient (Wildman–Crippen LogP) is 4.53. The van der Waals surface area contributed by atoms with Crippen LogP contribution < -0.4 is 11.3 Å². The van der Waals surface area contributed by atoms with Crippen LogP contribution in [-0.4, -0.2) is 0 Å². The van der Waals surface area contributed by atoms with Crippen molar-refractivity contribution in [1.29, 1.82) is 0 Å². The summed E-state index contributed by atoms with van der Waals surface area (Å²) in [4.78, 5) is 2.64. The average Bonchev–Trinajstić information content (AvgIpc) is 3.00. The van der Waals surface area contributed by atoms with E-state index in [1.165, 1.54) is 19.2 Å². The first kappa shape index (κ1) is 12.8. The Morgan fingerprint density at radius 3 is 2.83 bits per heavy atom. The van der Waals surface area contributed by atoms with Gasteiger partial charge in [-0.15, -0.1) is 34.0 Å². The Morgan fingerprint density at radius 2 is 2.17 bits per heavy atom. The van der Waals surface area contributed by atoms with E-state index in [9.17, 15) is 0 Å². The van der Waals surface area contributed by atoms with E-state index in [0.29, 0.717) is 0 Å². The number of hydrogen-bond acceptors (Lipinski definition) is 5. The van der Waals surface area contributed by atoms with E-state index in [2.05, 4.69) is 50.3 Å². The molecule has 0 fully saturated rings. The maximum absolute atomic E-state index is 5.70. The first-order chi connectivity index (χ1) is 8.76. The van der Waals surface area contributed by atoms with Crippen LogP contribution in [0, 0.1) is 0 Å². The Hall–Kier alpha value is -0.240. The van der Waals surface area contributed by atoms with Crippen molar-refractivity contribution in [3.63, 3.8) is 0 Å². The van der Waals surface area contributed by atoms with Gasteiger partial charge in [-0.25, -0.2) is 0 Å². The molecule has 3 aromatic heterocycles. The maximum atomic E-state index is 5.70. The van der Waals surface area contributed by atoms with E-state index in [-0.39, 0.29) is 6.04 Å². The van der Waals surface area contributed by atoms with Gasteiger partial charge >= 0.3 is 0 Å². The topological polar surface area (TPSA) is 38.0 Å². The molecule has 18 heavy (non-hydrogen) atoms. The number of hydrazine groups is 1. The van der Waals surface area contributed by atoms with Crippen LogP contribution >= 0.6 is 49.9 Å². The molecular weight excluding hydrogens is 348 g/mol. The molecule has 0 bridgehead atoms. The highest BCUT2D eigenvalue weighted by molar-refractivity contribution is 9.10. The largest absolute Gasteiger partial charge is 0.271 e. The van der Waals surface area contributed by atoms with Gasteiger partial charge in [0.25, 0.3) is 0 Å². The van der Waals surface area contributed by atoms with Crippen molar-refractivity contribution in [2.75, 3.05) is 0 Å². The van der Waals surface area contributed by atoms with Crippen LogP contribution in [0.4, 0.5) is 0 Å². The molecule has 0 spiro atoms. The van der Waals surface area contributed by atoms with Crippen molar-refractivity contribution in [3.05, 3.63) is 43.2 Å². The van der Waals surface area contributed by atoms with Gasteiger partial charge in [-0.3, -0.25) is 11.3 Å². The lowest BCUT2D eigenvalue weighted by molar-refractivity contribution is 0.564. The Morgan fingerprint density at radius 1 is 1.28 bits per heavy atom. The third-order valence-electron chi connectivity index (χ3n) is 2.73. The third kappa shape index (κ3) is 2.54. The molecule has 94 valence electrons. The molecule has 1 atom stereocenters. The summed E-state index contributed by atoms with van der Waals surface area (Å²) in [6, 6.07) is 6.77. The molecule has 2 nitrogen and oxygen atoms in total. The standard InChI is InChI=1S/C12H11BrN2S3/c13-7-3-8(17-6-7)4-9(15-14)11-5-12-10(18-11)1-2-16-12/h1-3,5-6,9,15H,4,14H2. The molecule has 0 aromatic carbocycles. The molecule has 0 radical (unpaired) electrons. The number of nitrogens with two attached hydrogens (primary N) is 1. The second-order valence-corrected chi connectivity index (χ2v) is 7.93. The van der Waals surface area contributed by atoms with Crippen molar-refractivity contribution >= 4 is 59.3 Å². The Bertz CT molecular complexity index is 626. The average molecular weight is 359 g/mol. The van der Waals surface area contributed by atoms with Gasteiger partial charge in [-0.2, -0.15) is 0 Å². The van der Waals surface area contributed by atoms with Crippen LogP contribution in [0.15, 0.2) is 33.4 Å². The maximum Gasteiger partial charge on any atom is 0.0602 e. The molecule has 0 saturated carbocycles. The van der Waals surface area contributed by atoms with E-state index >= 15 is 0 Å². The summed E-state index contributed by atoms with van der Waals surface area (Å²) in [5.74, 6) is 5.70. The molecule has 3 rings (SSSR count). The Balaban J connectivity index is 1.85. The zero-order valence-electron chi connectivity index (χ0n) is 9.35. The molecule has 3 aromatic rings. The van der Waals surface area contributed by atoms with Crippen LogP contribution in [0.5, 0.6) is 0 Å². The summed E-state index contributed by atoms with van der Waals surface area (Å²) in [5, 5.41) is 4.24. The van der Waals surface area contributed by atoms with Crippen LogP contribution in [0.2, 0.25) is 0 Å². The first-order valence-electron chi connectivity index (χ1n) is 5.42. The molecule has 0 saturated heterocycles. The van der Waals surface area contributed by atoms with Gasteiger partial charge in [-0.1, -0.05) is 0 Å². The van der Waals surface area contributed by atoms with Gasteiger partial charge in [0.1, 0.15) is 0 Å². The molecule has 3 heterocycles. The van der Waals surface area contributed by atoms with Crippen molar-refractivity contribution < 1.29 is 0 Å². The minimum Gasteiger partial charge on any atom is -0.271 e. The smallest absolute Gasteiger partial charge is 0.0602 e. The summed E-state index contributed by atoms with van der Waals surface area (Å²) in [5.41, 5.74) is 2.93. The van der Waals surface area contributed by atoms with Crippen molar-refractivity contribution in [1.82, 2.24) is 5.43 Å². The summed E-state index contributed by atoms with van der Waals surface area (Å²) < 4.78 is 3.84. The summed E-state index contributed by atoms with van der Waals surface area (Å²) in [7, 11) is 0. The van der Waals surface area contributed by atoms with Gasteiger partial charge in [0, 0.05) is 35.4 Å². The number of halogens is 1. The summed E-state index contributed by atoms with van der Waals surface area (Å²) in [6.07, 6.45) is 0.931. The SMILES string of the molecule is NNC(Cc1cc(Br)cs1)c1cc2sccc2s1. The number of hydrogen-bond donors (Lipinski definition) is 2. The molecule has 0 amide bonds. The van der Waals surface area contributed by atoms with Crippen LogP contribution in [0.3, 0.4) is 0 Å². The van der Waals surface area contributed by atoms with Crippen molar-refractivity contribution in [2.24, 2.45) is 5.84 Å². The fourth-order valence-electron chi connectivity index (χ4n) is 1.86. The highest BCUT2D eigenvalue weighted by Crippen LogP contribution is 2.35. The monoisotopic (exact) mass is 358 g/mol. The fraction of sp³-hybridized carbons (Fsp3) is 0.167. The molecule has 6 heteroatoms. The van der Waals surface area contributed by atoms with E-state index in [0.717, 1.165) is 10.9 Å². The summed E-state index contributed by atoms with van der Waals surface area (Å²) in [6.45, 7) is 0. The molecule has 1 unspecified atom stereocenters. The normalized spacial score (nSPS) is 13.2. The third-order valence-corrected chi connectivity index (χ3v) is 6.66. The van der Waals surface area contributed by atoms with Gasteiger partial charge < -0.3 is 0 Å². The first-order valence-corrected chi connectivity index (χ1v) is 8.79. The van der Waals surface area contributed by atoms with Crippen LogP contribution in [0.25, 0.3) is 9.40 Å². The van der Waals surface area contributed by atoms with Crippen molar-refractivity contribution in [3.8, 4) is 0 Å². The second-order valence-electron chi connectivity index (χ2n) is 3.95. The fourth-order valence-corrected chi connectivity index (χ4v) is 5.54. The lowest BCUT2D eigenvalue weighted by atomic mass is 10.1. The lowest BCUT2D eigenvalue weighted by Crippen LogP contribution is -2.28. The Kier molecular flexibility index (Phi) is 3.83. The number of fused-ring (bicyclic) bond motifs is 1. The number of nitrogens with one attached hydrogen (secondary N) is 1. The zero-order valence-corrected chi connectivity index (χ0v) is 13.4. The van der Waals surface area contributed by atoms with E-state index in [4.69, 9.17) is 5.84 Å². The van der Waals surface area contributed by atoms with E-state index in [1.807, 2.05) is 11.3 Å². The number of thiophene rings is 3. The van der Waals surface area contributed by atoms with Gasteiger partial charge in [0.15, 0.2) is 0 Å². The molecular formula is C12H11BrN2S3. The molecule has 0 aliphatic rings. The van der Waals surface area contributed by atoms with E-state index in [1.54, 1.807) is 22.7 Å². The zero-order chi connectivity index (χ0) is 12.5. The highest BCUT2D eigenvalue weighted by atomic mass is 79.9. The quantitative estimate of drug-likeness (QED) is 0.530. The van der Waals surface area contributed by atoms with Crippen LogP contribution in [0.1, 0.15) is 15.8 Å². The molecule has 0 aliphatic carbocycles. The minimum absolute atomic E-state index is 0.195. The van der Waals surface area contributed by atoms with E-state index < -0.39 is 0 Å².